The van der Waals surface area contributed by atoms with Crippen LogP contribution in [0.4, 0.5) is 0 Å². The number of carbonyl (C=O) groups is 1. The van der Waals surface area contributed by atoms with E-state index in [1.54, 1.807) is 14.0 Å². The predicted molar refractivity (Wildman–Crippen MR) is 87.3 cm³/mol. The standard InChI is InChI=1S/C16H22N4O4/c1-10(18-14(21)8-13(9-17)23-3)16-19-15(20-24-16)11-5-4-6-12(7-11)22-2/h4-7,10,13H,8-9,17H2,1-3H3,(H,18,21). The van der Waals surface area contributed by atoms with Crippen LogP contribution in [0, 0.1) is 0 Å². The van der Waals surface area contributed by atoms with Crippen LogP contribution in [0.5, 0.6) is 5.75 Å². The molecule has 0 bridgehead atoms. The highest BCUT2D eigenvalue weighted by atomic mass is 16.5. The molecule has 2 unspecified atom stereocenters. The minimum atomic E-state index is -0.417. The summed E-state index contributed by atoms with van der Waals surface area (Å²) < 4.78 is 15.5. The van der Waals surface area contributed by atoms with E-state index < -0.39 is 6.04 Å². The van der Waals surface area contributed by atoms with Gasteiger partial charge in [-0.3, -0.25) is 4.79 Å². The Balaban J connectivity index is 2.02. The molecule has 2 atom stereocenters. The molecule has 0 saturated carbocycles. The van der Waals surface area contributed by atoms with E-state index in [1.165, 1.54) is 7.11 Å². The quantitative estimate of drug-likeness (QED) is 0.748. The van der Waals surface area contributed by atoms with Gasteiger partial charge in [0.15, 0.2) is 0 Å². The monoisotopic (exact) mass is 334 g/mol. The molecule has 24 heavy (non-hydrogen) atoms. The van der Waals surface area contributed by atoms with Crippen molar-refractivity contribution in [3.05, 3.63) is 30.2 Å². The van der Waals surface area contributed by atoms with Crippen molar-refractivity contribution >= 4 is 5.91 Å². The average molecular weight is 334 g/mol. The highest BCUT2D eigenvalue weighted by molar-refractivity contribution is 5.76. The molecule has 8 nitrogen and oxygen atoms in total. The van der Waals surface area contributed by atoms with Gasteiger partial charge < -0.3 is 25.0 Å². The van der Waals surface area contributed by atoms with Crippen LogP contribution >= 0.6 is 0 Å². The number of nitrogens with one attached hydrogen (secondary N) is 1. The molecule has 130 valence electrons. The first-order valence-corrected chi connectivity index (χ1v) is 7.57. The molecule has 0 aliphatic heterocycles. The van der Waals surface area contributed by atoms with Crippen molar-refractivity contribution in [1.82, 2.24) is 15.5 Å². The van der Waals surface area contributed by atoms with Crippen LogP contribution in [0.25, 0.3) is 11.4 Å². The number of aromatic nitrogens is 2. The minimum absolute atomic E-state index is 0.175. The summed E-state index contributed by atoms with van der Waals surface area (Å²) in [6.45, 7) is 2.05. The fourth-order valence-electron chi connectivity index (χ4n) is 2.12. The van der Waals surface area contributed by atoms with Crippen LogP contribution in [-0.2, 0) is 9.53 Å². The summed E-state index contributed by atoms with van der Waals surface area (Å²) in [6.07, 6.45) is -0.138. The molecule has 0 aliphatic rings. The minimum Gasteiger partial charge on any atom is -0.497 e. The van der Waals surface area contributed by atoms with Crippen molar-refractivity contribution in [2.75, 3.05) is 20.8 Å². The first kappa shape index (κ1) is 17.9. The number of nitrogens with two attached hydrogens (primary N) is 1. The zero-order valence-corrected chi connectivity index (χ0v) is 14.0. The molecule has 1 aromatic heterocycles. The summed E-state index contributed by atoms with van der Waals surface area (Å²) in [4.78, 5) is 16.3. The summed E-state index contributed by atoms with van der Waals surface area (Å²) in [5.74, 6) is 1.26. The smallest absolute Gasteiger partial charge is 0.249 e. The molecule has 0 aliphatic carbocycles. The van der Waals surface area contributed by atoms with Crippen LogP contribution in [0.2, 0.25) is 0 Å². The number of amides is 1. The second-order valence-electron chi connectivity index (χ2n) is 5.27. The Labute approximate surface area is 140 Å². The van der Waals surface area contributed by atoms with Gasteiger partial charge in [0.1, 0.15) is 11.8 Å². The molecular formula is C16H22N4O4. The Bertz CT molecular complexity index is 670. The van der Waals surface area contributed by atoms with Gasteiger partial charge in [-0.15, -0.1) is 0 Å². The zero-order valence-electron chi connectivity index (χ0n) is 14.0. The maximum absolute atomic E-state index is 12.0. The average Bonchev–Trinajstić information content (AvgIpc) is 3.10. The Kier molecular flexibility index (Phi) is 6.28. The van der Waals surface area contributed by atoms with Crippen LogP contribution in [0.15, 0.2) is 28.8 Å². The van der Waals surface area contributed by atoms with Crippen molar-refractivity contribution < 1.29 is 18.8 Å². The zero-order chi connectivity index (χ0) is 17.5. The number of hydrogen-bond donors (Lipinski definition) is 2. The highest BCUT2D eigenvalue weighted by Crippen LogP contribution is 2.22. The van der Waals surface area contributed by atoms with Gasteiger partial charge >= 0.3 is 0 Å². The van der Waals surface area contributed by atoms with Gasteiger partial charge in [-0.1, -0.05) is 17.3 Å². The molecule has 2 rings (SSSR count). The van der Waals surface area contributed by atoms with Gasteiger partial charge in [-0.25, -0.2) is 0 Å². The van der Waals surface area contributed by atoms with Crippen molar-refractivity contribution in [2.24, 2.45) is 5.73 Å². The van der Waals surface area contributed by atoms with E-state index in [9.17, 15) is 4.79 Å². The third-order valence-electron chi connectivity index (χ3n) is 3.53. The van der Waals surface area contributed by atoms with E-state index in [0.29, 0.717) is 17.5 Å². The number of methoxy groups -OCH3 is 2. The van der Waals surface area contributed by atoms with Crippen LogP contribution in [0.1, 0.15) is 25.3 Å². The molecule has 0 spiro atoms. The number of ether oxygens (including phenoxy) is 2. The van der Waals surface area contributed by atoms with Crippen LogP contribution < -0.4 is 15.8 Å². The molecule has 0 saturated heterocycles. The van der Waals surface area contributed by atoms with Gasteiger partial charge in [0.05, 0.1) is 19.6 Å². The van der Waals surface area contributed by atoms with E-state index in [4.69, 9.17) is 19.7 Å². The van der Waals surface area contributed by atoms with Crippen molar-refractivity contribution in [3.63, 3.8) is 0 Å². The van der Waals surface area contributed by atoms with Crippen molar-refractivity contribution in [1.29, 1.82) is 0 Å². The lowest BCUT2D eigenvalue weighted by molar-refractivity contribution is -0.124. The predicted octanol–water partition coefficient (Wildman–Crippen LogP) is 1.29. The fraction of sp³-hybridized carbons (Fsp3) is 0.438. The maximum Gasteiger partial charge on any atom is 0.249 e. The first-order valence-electron chi connectivity index (χ1n) is 7.57. The third-order valence-corrected chi connectivity index (χ3v) is 3.53. The third kappa shape index (κ3) is 4.53. The van der Waals surface area contributed by atoms with E-state index in [2.05, 4.69) is 15.5 Å². The largest absolute Gasteiger partial charge is 0.497 e. The number of benzene rings is 1. The van der Waals surface area contributed by atoms with Gasteiger partial charge in [0, 0.05) is 19.2 Å². The fourth-order valence-corrected chi connectivity index (χ4v) is 2.12. The van der Waals surface area contributed by atoms with Crippen molar-refractivity contribution in [3.8, 4) is 17.1 Å². The van der Waals surface area contributed by atoms with Gasteiger partial charge in [-0.2, -0.15) is 4.98 Å². The number of rotatable bonds is 8. The first-order chi connectivity index (χ1) is 11.6. The molecular weight excluding hydrogens is 312 g/mol. The molecule has 8 heteroatoms. The number of carbonyl (C=O) groups excluding carboxylic acids is 1. The summed E-state index contributed by atoms with van der Waals surface area (Å²) in [5, 5.41) is 6.73. The second-order valence-corrected chi connectivity index (χ2v) is 5.27. The summed E-state index contributed by atoms with van der Waals surface area (Å²) >= 11 is 0. The van der Waals surface area contributed by atoms with Crippen LogP contribution in [0.3, 0.4) is 0 Å². The van der Waals surface area contributed by atoms with Crippen LogP contribution in [-0.4, -0.2) is 42.9 Å². The van der Waals surface area contributed by atoms with Gasteiger partial charge in [-0.05, 0) is 19.1 Å². The van der Waals surface area contributed by atoms with E-state index >= 15 is 0 Å². The van der Waals surface area contributed by atoms with E-state index in [1.807, 2.05) is 24.3 Å². The van der Waals surface area contributed by atoms with Gasteiger partial charge in [0.25, 0.3) is 0 Å². The molecule has 0 fully saturated rings. The maximum atomic E-state index is 12.0. The normalized spacial score (nSPS) is 13.3. The van der Waals surface area contributed by atoms with Crippen molar-refractivity contribution in [2.45, 2.75) is 25.5 Å². The Morgan fingerprint density at radius 2 is 2.21 bits per heavy atom. The lowest BCUT2D eigenvalue weighted by atomic mass is 10.2. The number of nitrogens with zero attached hydrogens (tertiary/aromatic N) is 2. The Hall–Kier alpha value is -2.45. The van der Waals surface area contributed by atoms with E-state index in [-0.39, 0.29) is 25.0 Å². The lowest BCUT2D eigenvalue weighted by Gasteiger charge is -2.14. The topological polar surface area (TPSA) is 113 Å². The number of hydrogen-bond acceptors (Lipinski definition) is 7. The lowest BCUT2D eigenvalue weighted by Crippen LogP contribution is -2.33. The molecule has 1 aromatic carbocycles. The molecule has 1 amide bonds. The Morgan fingerprint density at radius 1 is 1.42 bits per heavy atom. The summed E-state index contributed by atoms with van der Waals surface area (Å²) in [6, 6.07) is 6.91. The molecule has 0 radical (unpaired) electrons. The summed E-state index contributed by atoms with van der Waals surface area (Å²) in [5.41, 5.74) is 6.28. The highest BCUT2D eigenvalue weighted by Gasteiger charge is 2.19. The van der Waals surface area contributed by atoms with E-state index in [0.717, 1.165) is 5.56 Å². The second kappa shape index (κ2) is 8.42. The van der Waals surface area contributed by atoms with Gasteiger partial charge in [0.2, 0.25) is 17.6 Å². The SMILES string of the molecule is COc1cccc(-c2noc(C(C)NC(=O)CC(CN)OC)n2)c1. The molecule has 3 N–H and O–H groups in total. The summed E-state index contributed by atoms with van der Waals surface area (Å²) in [7, 11) is 3.11. The molecule has 1 heterocycles. The molecule has 2 aromatic rings. The Morgan fingerprint density at radius 3 is 2.88 bits per heavy atom.